The van der Waals surface area contributed by atoms with E-state index in [2.05, 4.69) is 17.6 Å². The van der Waals surface area contributed by atoms with E-state index in [1.165, 1.54) is 25.7 Å². The number of amides is 1. The molecular weight excluding hydrogens is 260 g/mol. The molecule has 0 spiro atoms. The second kappa shape index (κ2) is 9.68. The molecule has 0 aliphatic rings. The van der Waals surface area contributed by atoms with Crippen molar-refractivity contribution in [2.45, 2.75) is 39.0 Å². The Labute approximate surface area is 120 Å². The van der Waals surface area contributed by atoms with Crippen LogP contribution in [0.15, 0.2) is 24.3 Å². The molecule has 0 bridgehead atoms. The molecule has 0 fully saturated rings. The highest BCUT2D eigenvalue weighted by molar-refractivity contribution is 6.30. The van der Waals surface area contributed by atoms with Gasteiger partial charge in [0.05, 0.1) is 6.54 Å². The Balaban J connectivity index is 2.08. The number of anilines is 1. The largest absolute Gasteiger partial charge is 0.376 e. The van der Waals surface area contributed by atoms with Gasteiger partial charge in [0.2, 0.25) is 5.91 Å². The van der Waals surface area contributed by atoms with E-state index in [0.29, 0.717) is 5.02 Å². The summed E-state index contributed by atoms with van der Waals surface area (Å²) in [6, 6.07) is 7.36. The van der Waals surface area contributed by atoms with Crippen LogP contribution < -0.4 is 10.6 Å². The molecule has 0 saturated carbocycles. The minimum absolute atomic E-state index is 0.0236. The summed E-state index contributed by atoms with van der Waals surface area (Å²) in [5, 5.41) is 6.63. The molecule has 3 nitrogen and oxygen atoms in total. The van der Waals surface area contributed by atoms with Crippen molar-refractivity contribution in [3.8, 4) is 0 Å². The van der Waals surface area contributed by atoms with Crippen molar-refractivity contribution in [1.82, 2.24) is 5.32 Å². The molecule has 2 N–H and O–H groups in total. The van der Waals surface area contributed by atoms with Crippen molar-refractivity contribution in [3.05, 3.63) is 29.3 Å². The molecule has 106 valence electrons. The van der Waals surface area contributed by atoms with Crippen molar-refractivity contribution in [2.75, 3.05) is 18.4 Å². The summed E-state index contributed by atoms with van der Waals surface area (Å²) < 4.78 is 0. The van der Waals surface area contributed by atoms with Gasteiger partial charge in [0.15, 0.2) is 0 Å². The van der Waals surface area contributed by atoms with E-state index in [1.54, 1.807) is 6.07 Å². The van der Waals surface area contributed by atoms with Crippen LogP contribution in [-0.2, 0) is 4.79 Å². The Kier molecular flexibility index (Phi) is 8.07. The summed E-state index contributed by atoms with van der Waals surface area (Å²) in [6.07, 6.45) is 6.03. The first-order valence-electron chi connectivity index (χ1n) is 6.98. The van der Waals surface area contributed by atoms with Gasteiger partial charge in [-0.3, -0.25) is 4.79 Å². The first kappa shape index (κ1) is 15.8. The fourth-order valence-corrected chi connectivity index (χ4v) is 1.99. The normalized spacial score (nSPS) is 10.2. The smallest absolute Gasteiger partial charge is 0.239 e. The van der Waals surface area contributed by atoms with Crippen LogP contribution in [0.1, 0.15) is 39.0 Å². The van der Waals surface area contributed by atoms with Crippen LogP contribution >= 0.6 is 11.6 Å². The summed E-state index contributed by atoms with van der Waals surface area (Å²) >= 11 is 5.86. The maximum Gasteiger partial charge on any atom is 0.239 e. The van der Waals surface area contributed by atoms with Crippen LogP contribution in [0.2, 0.25) is 5.02 Å². The lowest BCUT2D eigenvalue weighted by Gasteiger charge is -2.08. The summed E-state index contributed by atoms with van der Waals surface area (Å²) in [5.41, 5.74) is 0.866. The number of hydrogen-bond acceptors (Lipinski definition) is 2. The van der Waals surface area contributed by atoms with E-state index < -0.39 is 0 Å². The van der Waals surface area contributed by atoms with E-state index in [9.17, 15) is 4.79 Å². The average molecular weight is 283 g/mol. The Morgan fingerprint density at radius 1 is 1.21 bits per heavy atom. The summed E-state index contributed by atoms with van der Waals surface area (Å²) in [5.74, 6) is 0.0236. The zero-order chi connectivity index (χ0) is 13.9. The molecule has 0 aromatic heterocycles. The Hall–Kier alpha value is -1.22. The fraction of sp³-hybridized carbons (Fsp3) is 0.533. The Bertz CT molecular complexity index is 382. The highest BCUT2D eigenvalue weighted by atomic mass is 35.5. The van der Waals surface area contributed by atoms with Crippen LogP contribution in [0, 0.1) is 0 Å². The molecule has 0 saturated heterocycles. The number of unbranched alkanes of at least 4 members (excludes halogenated alkanes) is 4. The molecule has 4 heteroatoms. The third kappa shape index (κ3) is 7.73. The van der Waals surface area contributed by atoms with Gasteiger partial charge in [0.1, 0.15) is 0 Å². The lowest BCUT2D eigenvalue weighted by molar-refractivity contribution is -0.119. The summed E-state index contributed by atoms with van der Waals surface area (Å²) in [7, 11) is 0. The van der Waals surface area contributed by atoms with E-state index in [-0.39, 0.29) is 12.5 Å². The highest BCUT2D eigenvalue weighted by Gasteiger charge is 2.00. The van der Waals surface area contributed by atoms with Crippen LogP contribution in [0.3, 0.4) is 0 Å². The summed E-state index contributed by atoms with van der Waals surface area (Å²) in [6.45, 7) is 3.25. The Morgan fingerprint density at radius 3 is 2.74 bits per heavy atom. The predicted octanol–water partition coefficient (Wildman–Crippen LogP) is 3.84. The van der Waals surface area contributed by atoms with Crippen molar-refractivity contribution >= 4 is 23.2 Å². The molecule has 1 amide bonds. The maximum absolute atomic E-state index is 11.6. The molecule has 0 atom stereocenters. The monoisotopic (exact) mass is 282 g/mol. The van der Waals surface area contributed by atoms with Gasteiger partial charge in [0, 0.05) is 17.3 Å². The van der Waals surface area contributed by atoms with Crippen molar-refractivity contribution in [2.24, 2.45) is 0 Å². The number of carbonyl (C=O) groups is 1. The third-order valence-corrected chi connectivity index (χ3v) is 3.12. The minimum Gasteiger partial charge on any atom is -0.376 e. The SMILES string of the molecule is CCCCCCCNC(=O)CNc1cccc(Cl)c1. The lowest BCUT2D eigenvalue weighted by Crippen LogP contribution is -2.30. The van der Waals surface area contributed by atoms with Crippen molar-refractivity contribution < 1.29 is 4.79 Å². The molecule has 1 rings (SSSR count). The number of carbonyl (C=O) groups excluding carboxylic acids is 1. The summed E-state index contributed by atoms with van der Waals surface area (Å²) in [4.78, 5) is 11.6. The zero-order valence-electron chi connectivity index (χ0n) is 11.5. The van der Waals surface area contributed by atoms with Gasteiger partial charge in [0.25, 0.3) is 0 Å². The molecule has 0 aliphatic carbocycles. The predicted molar refractivity (Wildman–Crippen MR) is 81.7 cm³/mol. The van der Waals surface area contributed by atoms with E-state index in [4.69, 9.17) is 11.6 Å². The quantitative estimate of drug-likeness (QED) is 0.676. The van der Waals surface area contributed by atoms with Crippen LogP contribution in [0.25, 0.3) is 0 Å². The van der Waals surface area contributed by atoms with Crippen LogP contribution in [0.4, 0.5) is 5.69 Å². The lowest BCUT2D eigenvalue weighted by atomic mass is 10.1. The molecule has 1 aromatic rings. The molecule has 1 aromatic carbocycles. The van der Waals surface area contributed by atoms with E-state index in [0.717, 1.165) is 18.7 Å². The number of halogens is 1. The van der Waals surface area contributed by atoms with E-state index >= 15 is 0 Å². The molecule has 0 radical (unpaired) electrons. The number of rotatable bonds is 9. The van der Waals surface area contributed by atoms with Gasteiger partial charge in [-0.15, -0.1) is 0 Å². The fourth-order valence-electron chi connectivity index (χ4n) is 1.80. The van der Waals surface area contributed by atoms with Gasteiger partial charge >= 0.3 is 0 Å². The minimum atomic E-state index is 0.0236. The molecular formula is C15H23ClN2O. The van der Waals surface area contributed by atoms with Crippen LogP contribution in [-0.4, -0.2) is 19.0 Å². The zero-order valence-corrected chi connectivity index (χ0v) is 12.3. The molecule has 0 unspecified atom stereocenters. The Morgan fingerprint density at radius 2 is 2.00 bits per heavy atom. The molecule has 19 heavy (non-hydrogen) atoms. The average Bonchev–Trinajstić information content (AvgIpc) is 2.40. The molecule has 0 heterocycles. The topological polar surface area (TPSA) is 41.1 Å². The van der Waals surface area contributed by atoms with Crippen molar-refractivity contribution in [1.29, 1.82) is 0 Å². The molecule has 0 aliphatic heterocycles. The number of hydrogen-bond donors (Lipinski definition) is 2. The van der Waals surface area contributed by atoms with E-state index in [1.807, 2.05) is 18.2 Å². The second-order valence-electron chi connectivity index (χ2n) is 4.63. The number of nitrogens with one attached hydrogen (secondary N) is 2. The van der Waals surface area contributed by atoms with Crippen molar-refractivity contribution in [3.63, 3.8) is 0 Å². The van der Waals surface area contributed by atoms with Gasteiger partial charge in [-0.05, 0) is 24.6 Å². The first-order valence-corrected chi connectivity index (χ1v) is 7.36. The van der Waals surface area contributed by atoms with Crippen LogP contribution in [0.5, 0.6) is 0 Å². The third-order valence-electron chi connectivity index (χ3n) is 2.88. The standard InChI is InChI=1S/C15H23ClN2O/c1-2-3-4-5-6-10-17-15(19)12-18-14-9-7-8-13(16)11-14/h7-9,11,18H,2-6,10,12H2,1H3,(H,17,19). The maximum atomic E-state index is 11.6. The van der Waals surface area contributed by atoms with Gasteiger partial charge in [-0.25, -0.2) is 0 Å². The second-order valence-corrected chi connectivity index (χ2v) is 5.06. The number of benzene rings is 1. The highest BCUT2D eigenvalue weighted by Crippen LogP contribution is 2.14. The van der Waals surface area contributed by atoms with Gasteiger partial charge < -0.3 is 10.6 Å². The van der Waals surface area contributed by atoms with Gasteiger partial charge in [-0.1, -0.05) is 50.3 Å². The van der Waals surface area contributed by atoms with Gasteiger partial charge in [-0.2, -0.15) is 0 Å². The first-order chi connectivity index (χ1) is 9.22.